The molecule has 1 aromatic heterocycles. The van der Waals surface area contributed by atoms with E-state index in [1.165, 1.54) is 12.8 Å². The molecule has 2 rings (SSSR count). The standard InChI is InChI=1S/C13H18N2O3/c1-9-11(13(16)17)4-5-12(15-9)14-6-7-18-8-10-2-3-10/h4-5,10H,2-3,6-8H2,1H3,(H,14,15)(H,16,17). The molecule has 0 aliphatic heterocycles. The van der Waals surface area contributed by atoms with Crippen molar-refractivity contribution in [2.24, 2.45) is 5.92 Å². The number of nitrogens with zero attached hydrogens (tertiary/aromatic N) is 1. The molecule has 5 heteroatoms. The molecule has 0 amide bonds. The van der Waals surface area contributed by atoms with E-state index in [9.17, 15) is 4.79 Å². The van der Waals surface area contributed by atoms with Gasteiger partial charge in [0.25, 0.3) is 0 Å². The number of anilines is 1. The predicted molar refractivity (Wildman–Crippen MR) is 68.0 cm³/mol. The molecule has 0 radical (unpaired) electrons. The lowest BCUT2D eigenvalue weighted by Crippen LogP contribution is -2.12. The lowest BCUT2D eigenvalue weighted by molar-refractivity contribution is 0.0695. The molecule has 5 nitrogen and oxygen atoms in total. The van der Waals surface area contributed by atoms with Gasteiger partial charge < -0.3 is 15.2 Å². The van der Waals surface area contributed by atoms with Crippen molar-refractivity contribution in [1.29, 1.82) is 0 Å². The number of pyridine rings is 1. The van der Waals surface area contributed by atoms with Crippen LogP contribution in [0.25, 0.3) is 0 Å². The van der Waals surface area contributed by atoms with Crippen LogP contribution in [-0.4, -0.2) is 35.8 Å². The van der Waals surface area contributed by atoms with E-state index in [0.717, 1.165) is 12.5 Å². The van der Waals surface area contributed by atoms with Crippen molar-refractivity contribution in [1.82, 2.24) is 4.98 Å². The summed E-state index contributed by atoms with van der Waals surface area (Å²) in [6.07, 6.45) is 2.59. The average Bonchev–Trinajstić information content (AvgIpc) is 3.12. The topological polar surface area (TPSA) is 71.5 Å². The second-order valence-corrected chi connectivity index (χ2v) is 4.58. The van der Waals surface area contributed by atoms with Crippen molar-refractivity contribution in [2.75, 3.05) is 25.1 Å². The number of hydrogen-bond donors (Lipinski definition) is 2. The molecule has 0 bridgehead atoms. The zero-order valence-corrected chi connectivity index (χ0v) is 10.5. The van der Waals surface area contributed by atoms with Gasteiger partial charge in [0.15, 0.2) is 0 Å². The van der Waals surface area contributed by atoms with Crippen molar-refractivity contribution < 1.29 is 14.6 Å². The molecule has 1 heterocycles. The predicted octanol–water partition coefficient (Wildman–Crippen LogP) is 1.93. The number of hydrogen-bond acceptors (Lipinski definition) is 4. The van der Waals surface area contributed by atoms with Gasteiger partial charge in [-0.1, -0.05) is 0 Å². The van der Waals surface area contributed by atoms with Crippen LogP contribution in [0.1, 0.15) is 28.9 Å². The van der Waals surface area contributed by atoms with Crippen LogP contribution in [0.5, 0.6) is 0 Å². The minimum atomic E-state index is -0.945. The van der Waals surface area contributed by atoms with Crippen LogP contribution in [0.15, 0.2) is 12.1 Å². The second-order valence-electron chi connectivity index (χ2n) is 4.58. The van der Waals surface area contributed by atoms with Crippen LogP contribution in [0.2, 0.25) is 0 Å². The summed E-state index contributed by atoms with van der Waals surface area (Å²) in [6.45, 7) is 3.88. The Morgan fingerprint density at radius 1 is 1.56 bits per heavy atom. The molecule has 1 saturated carbocycles. The normalized spacial score (nSPS) is 14.5. The van der Waals surface area contributed by atoms with Crippen LogP contribution in [-0.2, 0) is 4.74 Å². The smallest absolute Gasteiger partial charge is 0.337 e. The van der Waals surface area contributed by atoms with E-state index in [-0.39, 0.29) is 5.56 Å². The van der Waals surface area contributed by atoms with E-state index in [1.54, 1.807) is 19.1 Å². The highest BCUT2D eigenvalue weighted by atomic mass is 16.5. The van der Waals surface area contributed by atoms with Gasteiger partial charge >= 0.3 is 5.97 Å². The first-order valence-electron chi connectivity index (χ1n) is 6.19. The van der Waals surface area contributed by atoms with Gasteiger partial charge in [-0.05, 0) is 37.8 Å². The second kappa shape index (κ2) is 5.82. The summed E-state index contributed by atoms with van der Waals surface area (Å²) in [4.78, 5) is 15.0. The Labute approximate surface area is 106 Å². The highest BCUT2D eigenvalue weighted by Crippen LogP contribution is 2.28. The number of nitrogens with one attached hydrogen (secondary N) is 1. The molecule has 1 fully saturated rings. The Hall–Kier alpha value is -1.62. The molecular formula is C13H18N2O3. The van der Waals surface area contributed by atoms with Gasteiger partial charge in [0.05, 0.1) is 17.9 Å². The SMILES string of the molecule is Cc1nc(NCCOCC2CC2)ccc1C(=O)O. The molecule has 0 aromatic carbocycles. The third-order valence-electron chi connectivity index (χ3n) is 2.92. The number of aryl methyl sites for hydroxylation is 1. The first-order chi connectivity index (χ1) is 8.66. The highest BCUT2D eigenvalue weighted by molar-refractivity contribution is 5.89. The van der Waals surface area contributed by atoms with E-state index in [2.05, 4.69) is 10.3 Å². The molecule has 1 aromatic rings. The number of carboxylic acid groups (broad SMARTS) is 1. The Morgan fingerprint density at radius 2 is 2.33 bits per heavy atom. The maximum Gasteiger partial charge on any atom is 0.337 e. The number of ether oxygens (including phenoxy) is 1. The molecule has 0 unspecified atom stereocenters. The fourth-order valence-electron chi connectivity index (χ4n) is 1.67. The zero-order valence-electron chi connectivity index (χ0n) is 10.5. The summed E-state index contributed by atoms with van der Waals surface area (Å²) in [7, 11) is 0. The number of aromatic nitrogens is 1. The van der Waals surface area contributed by atoms with E-state index in [4.69, 9.17) is 9.84 Å². The maximum absolute atomic E-state index is 10.8. The van der Waals surface area contributed by atoms with E-state index in [1.807, 2.05) is 0 Å². The molecule has 0 saturated heterocycles. The fourth-order valence-corrected chi connectivity index (χ4v) is 1.67. The van der Waals surface area contributed by atoms with Crippen molar-refractivity contribution in [2.45, 2.75) is 19.8 Å². The third-order valence-corrected chi connectivity index (χ3v) is 2.92. The number of rotatable bonds is 7. The van der Waals surface area contributed by atoms with Gasteiger partial charge in [0.2, 0.25) is 0 Å². The van der Waals surface area contributed by atoms with Crippen LogP contribution < -0.4 is 5.32 Å². The Morgan fingerprint density at radius 3 is 2.94 bits per heavy atom. The molecule has 1 aliphatic rings. The summed E-state index contributed by atoms with van der Waals surface area (Å²) >= 11 is 0. The van der Waals surface area contributed by atoms with Gasteiger partial charge in [-0.3, -0.25) is 0 Å². The van der Waals surface area contributed by atoms with Crippen molar-refractivity contribution in [3.8, 4) is 0 Å². The molecule has 0 atom stereocenters. The monoisotopic (exact) mass is 250 g/mol. The maximum atomic E-state index is 10.8. The van der Waals surface area contributed by atoms with Gasteiger partial charge in [-0.25, -0.2) is 9.78 Å². The van der Waals surface area contributed by atoms with Gasteiger partial charge in [0.1, 0.15) is 5.82 Å². The zero-order chi connectivity index (χ0) is 13.0. The quantitative estimate of drug-likeness (QED) is 0.723. The van der Waals surface area contributed by atoms with Crippen molar-refractivity contribution >= 4 is 11.8 Å². The molecule has 18 heavy (non-hydrogen) atoms. The summed E-state index contributed by atoms with van der Waals surface area (Å²) in [5.41, 5.74) is 0.761. The van der Waals surface area contributed by atoms with Gasteiger partial charge in [0, 0.05) is 13.2 Å². The first-order valence-corrected chi connectivity index (χ1v) is 6.19. The minimum Gasteiger partial charge on any atom is -0.478 e. The molecule has 2 N–H and O–H groups in total. The van der Waals surface area contributed by atoms with Crippen LogP contribution in [0, 0.1) is 12.8 Å². The van der Waals surface area contributed by atoms with Crippen molar-refractivity contribution in [3.05, 3.63) is 23.4 Å². The molecule has 0 spiro atoms. The lowest BCUT2D eigenvalue weighted by Gasteiger charge is -2.08. The summed E-state index contributed by atoms with van der Waals surface area (Å²) in [6, 6.07) is 3.25. The number of carbonyl (C=O) groups is 1. The Balaban J connectivity index is 1.74. The third kappa shape index (κ3) is 3.70. The highest BCUT2D eigenvalue weighted by Gasteiger charge is 2.20. The molecule has 98 valence electrons. The van der Waals surface area contributed by atoms with Gasteiger partial charge in [-0.2, -0.15) is 0 Å². The minimum absolute atomic E-state index is 0.241. The van der Waals surface area contributed by atoms with Gasteiger partial charge in [-0.15, -0.1) is 0 Å². The molecular weight excluding hydrogens is 232 g/mol. The van der Waals surface area contributed by atoms with Crippen LogP contribution in [0.3, 0.4) is 0 Å². The van der Waals surface area contributed by atoms with E-state index in [0.29, 0.717) is 24.7 Å². The summed E-state index contributed by atoms with van der Waals surface area (Å²) in [5, 5.41) is 12.0. The van der Waals surface area contributed by atoms with Crippen LogP contribution in [0.4, 0.5) is 5.82 Å². The lowest BCUT2D eigenvalue weighted by atomic mass is 10.2. The largest absolute Gasteiger partial charge is 0.478 e. The number of carboxylic acids is 1. The first kappa shape index (κ1) is 12.8. The summed E-state index contributed by atoms with van der Waals surface area (Å²) < 4.78 is 5.49. The fraction of sp³-hybridized carbons (Fsp3) is 0.538. The van der Waals surface area contributed by atoms with E-state index >= 15 is 0 Å². The molecule has 1 aliphatic carbocycles. The van der Waals surface area contributed by atoms with Crippen molar-refractivity contribution in [3.63, 3.8) is 0 Å². The Bertz CT molecular complexity index is 430. The van der Waals surface area contributed by atoms with E-state index < -0.39 is 5.97 Å². The average molecular weight is 250 g/mol. The number of aromatic carboxylic acids is 1. The van der Waals surface area contributed by atoms with Crippen LogP contribution >= 0.6 is 0 Å². The Kier molecular flexibility index (Phi) is 4.15. The summed E-state index contributed by atoms with van der Waals surface area (Å²) in [5.74, 6) is 0.520.